The summed E-state index contributed by atoms with van der Waals surface area (Å²) >= 11 is 0. The van der Waals surface area contributed by atoms with Gasteiger partial charge in [-0.1, -0.05) is 18.1 Å². The van der Waals surface area contributed by atoms with Crippen LogP contribution < -0.4 is 0 Å². The second kappa shape index (κ2) is 8.45. The van der Waals surface area contributed by atoms with Gasteiger partial charge in [0.1, 0.15) is 11.3 Å². The molecule has 3 rings (SSSR count). The summed E-state index contributed by atoms with van der Waals surface area (Å²) in [6, 6.07) is 6.17. The topological polar surface area (TPSA) is 62.5 Å². The highest BCUT2D eigenvalue weighted by Crippen LogP contribution is 2.18. The van der Waals surface area contributed by atoms with Gasteiger partial charge in [-0.15, -0.1) is 0 Å². The lowest BCUT2D eigenvalue weighted by Gasteiger charge is -2.22. The molecule has 3 heterocycles. The summed E-state index contributed by atoms with van der Waals surface area (Å²) in [6.45, 7) is 10.2. The monoisotopic (exact) mass is 356 g/mol. The van der Waals surface area contributed by atoms with E-state index < -0.39 is 0 Å². The Balaban J connectivity index is 1.57. The first-order valence-corrected chi connectivity index (χ1v) is 9.47. The van der Waals surface area contributed by atoms with Crippen LogP contribution in [0.1, 0.15) is 46.5 Å². The van der Waals surface area contributed by atoms with Gasteiger partial charge in [0.2, 0.25) is 0 Å². The van der Waals surface area contributed by atoms with Crippen molar-refractivity contribution in [1.82, 2.24) is 19.9 Å². The van der Waals surface area contributed by atoms with Gasteiger partial charge in [0.15, 0.2) is 0 Å². The normalized spacial score (nSPS) is 15.9. The Morgan fingerprint density at radius 3 is 2.81 bits per heavy atom. The van der Waals surface area contributed by atoms with Crippen molar-refractivity contribution in [3.8, 4) is 0 Å². The van der Waals surface area contributed by atoms with Crippen LogP contribution in [0.25, 0.3) is 0 Å². The standard InChI is InChI=1S/C20H28N4O2/c1-4-18-19(16(3)26-22-18)20(25)24-11-6-10-23(13-14-24)12-9-17-8-5-7-15(2)21-17/h5,7-8H,4,6,9-14H2,1-3H3. The van der Waals surface area contributed by atoms with Gasteiger partial charge in [0.25, 0.3) is 5.91 Å². The van der Waals surface area contributed by atoms with Crippen molar-refractivity contribution < 1.29 is 9.32 Å². The van der Waals surface area contributed by atoms with Crippen LogP contribution >= 0.6 is 0 Å². The van der Waals surface area contributed by atoms with Gasteiger partial charge in [0, 0.05) is 44.0 Å². The Kier molecular flexibility index (Phi) is 6.04. The third-order valence-electron chi connectivity index (χ3n) is 4.99. The highest BCUT2D eigenvalue weighted by Gasteiger charge is 2.26. The number of aromatic nitrogens is 2. The molecular weight excluding hydrogens is 328 g/mol. The summed E-state index contributed by atoms with van der Waals surface area (Å²) in [7, 11) is 0. The maximum absolute atomic E-state index is 12.9. The molecule has 0 aromatic carbocycles. The average molecular weight is 356 g/mol. The van der Waals surface area contributed by atoms with E-state index in [9.17, 15) is 4.79 Å². The highest BCUT2D eigenvalue weighted by atomic mass is 16.5. The van der Waals surface area contributed by atoms with Crippen molar-refractivity contribution in [2.45, 2.75) is 40.0 Å². The van der Waals surface area contributed by atoms with E-state index in [1.807, 2.05) is 31.7 Å². The van der Waals surface area contributed by atoms with Gasteiger partial charge >= 0.3 is 0 Å². The number of rotatable bonds is 5. The number of hydrogen-bond donors (Lipinski definition) is 0. The third kappa shape index (κ3) is 4.30. The molecule has 1 amide bonds. The van der Waals surface area contributed by atoms with E-state index in [0.29, 0.717) is 17.7 Å². The zero-order chi connectivity index (χ0) is 18.5. The molecule has 2 aromatic heterocycles. The number of carbonyl (C=O) groups is 1. The Hall–Kier alpha value is -2.21. The fraction of sp³-hybridized carbons (Fsp3) is 0.550. The molecule has 6 heteroatoms. The molecule has 0 saturated carbocycles. The van der Waals surface area contributed by atoms with Crippen LogP contribution in [0.3, 0.4) is 0 Å². The van der Waals surface area contributed by atoms with Crippen LogP contribution in [-0.4, -0.2) is 58.6 Å². The van der Waals surface area contributed by atoms with Gasteiger partial charge in [-0.3, -0.25) is 9.78 Å². The minimum atomic E-state index is 0.0581. The van der Waals surface area contributed by atoms with Crippen molar-refractivity contribution in [3.63, 3.8) is 0 Å². The van der Waals surface area contributed by atoms with E-state index >= 15 is 0 Å². The van der Waals surface area contributed by atoms with Gasteiger partial charge in [-0.05, 0) is 45.4 Å². The van der Waals surface area contributed by atoms with Crippen molar-refractivity contribution in [2.75, 3.05) is 32.7 Å². The molecule has 6 nitrogen and oxygen atoms in total. The molecule has 0 atom stereocenters. The predicted molar refractivity (Wildman–Crippen MR) is 100 cm³/mol. The van der Waals surface area contributed by atoms with Gasteiger partial charge in [0.05, 0.1) is 5.69 Å². The number of nitrogens with zero attached hydrogens (tertiary/aromatic N) is 4. The van der Waals surface area contributed by atoms with Crippen molar-refractivity contribution in [3.05, 3.63) is 46.6 Å². The van der Waals surface area contributed by atoms with E-state index in [4.69, 9.17) is 4.52 Å². The van der Waals surface area contributed by atoms with Crippen LogP contribution in [0.5, 0.6) is 0 Å². The van der Waals surface area contributed by atoms with E-state index in [2.05, 4.69) is 27.2 Å². The SMILES string of the molecule is CCc1noc(C)c1C(=O)N1CCCN(CCc2cccc(C)n2)CC1. The number of hydrogen-bond acceptors (Lipinski definition) is 5. The number of amides is 1. The molecule has 0 unspecified atom stereocenters. The molecule has 1 fully saturated rings. The van der Waals surface area contributed by atoms with Crippen LogP contribution in [-0.2, 0) is 12.8 Å². The van der Waals surface area contributed by atoms with E-state index in [1.54, 1.807) is 0 Å². The first kappa shape index (κ1) is 18.6. The first-order chi connectivity index (χ1) is 12.6. The number of carbonyl (C=O) groups excluding carboxylic acids is 1. The fourth-order valence-corrected chi connectivity index (χ4v) is 3.50. The Bertz CT molecular complexity index is 756. The second-order valence-corrected chi connectivity index (χ2v) is 6.92. The zero-order valence-electron chi connectivity index (χ0n) is 16.0. The van der Waals surface area contributed by atoms with E-state index in [1.165, 1.54) is 0 Å². The van der Waals surface area contributed by atoms with Crippen LogP contribution in [0.4, 0.5) is 0 Å². The maximum atomic E-state index is 12.9. The van der Waals surface area contributed by atoms with Crippen molar-refractivity contribution in [1.29, 1.82) is 0 Å². The molecular formula is C20H28N4O2. The Morgan fingerprint density at radius 2 is 2.04 bits per heavy atom. The summed E-state index contributed by atoms with van der Waals surface area (Å²) in [6.07, 6.45) is 2.64. The summed E-state index contributed by atoms with van der Waals surface area (Å²) in [5, 5.41) is 4.02. The Labute approximate surface area is 155 Å². The molecule has 0 radical (unpaired) electrons. The summed E-state index contributed by atoms with van der Waals surface area (Å²) < 4.78 is 5.23. The van der Waals surface area contributed by atoms with Crippen LogP contribution in [0, 0.1) is 13.8 Å². The van der Waals surface area contributed by atoms with E-state index in [0.717, 1.165) is 62.6 Å². The number of pyridine rings is 1. The summed E-state index contributed by atoms with van der Waals surface area (Å²) in [4.78, 5) is 21.9. The second-order valence-electron chi connectivity index (χ2n) is 6.92. The van der Waals surface area contributed by atoms with Crippen molar-refractivity contribution in [2.24, 2.45) is 0 Å². The zero-order valence-corrected chi connectivity index (χ0v) is 16.0. The fourth-order valence-electron chi connectivity index (χ4n) is 3.50. The molecule has 1 aliphatic rings. The molecule has 2 aromatic rings. The van der Waals surface area contributed by atoms with E-state index in [-0.39, 0.29) is 5.91 Å². The minimum Gasteiger partial charge on any atom is -0.361 e. The Morgan fingerprint density at radius 1 is 1.19 bits per heavy atom. The lowest BCUT2D eigenvalue weighted by atomic mass is 10.1. The predicted octanol–water partition coefficient (Wildman–Crippen LogP) is 2.64. The summed E-state index contributed by atoms with van der Waals surface area (Å²) in [5.74, 6) is 0.682. The van der Waals surface area contributed by atoms with Gasteiger partial charge < -0.3 is 14.3 Å². The molecule has 140 valence electrons. The van der Waals surface area contributed by atoms with Crippen LogP contribution in [0.2, 0.25) is 0 Å². The molecule has 0 N–H and O–H groups in total. The molecule has 1 aliphatic heterocycles. The van der Waals surface area contributed by atoms with Gasteiger partial charge in [-0.25, -0.2) is 0 Å². The molecule has 0 spiro atoms. The number of aryl methyl sites for hydroxylation is 3. The first-order valence-electron chi connectivity index (χ1n) is 9.47. The van der Waals surface area contributed by atoms with Crippen LogP contribution in [0.15, 0.2) is 22.7 Å². The lowest BCUT2D eigenvalue weighted by Crippen LogP contribution is -2.36. The maximum Gasteiger partial charge on any atom is 0.259 e. The minimum absolute atomic E-state index is 0.0581. The summed E-state index contributed by atoms with van der Waals surface area (Å²) in [5.41, 5.74) is 3.62. The largest absolute Gasteiger partial charge is 0.361 e. The van der Waals surface area contributed by atoms with Crippen molar-refractivity contribution >= 4 is 5.91 Å². The van der Waals surface area contributed by atoms with Gasteiger partial charge in [-0.2, -0.15) is 0 Å². The molecule has 0 bridgehead atoms. The smallest absolute Gasteiger partial charge is 0.259 e. The molecule has 1 saturated heterocycles. The quantitative estimate of drug-likeness (QED) is 0.824. The molecule has 0 aliphatic carbocycles. The average Bonchev–Trinajstić information content (AvgIpc) is 2.86. The molecule has 26 heavy (non-hydrogen) atoms. The third-order valence-corrected chi connectivity index (χ3v) is 4.99. The highest BCUT2D eigenvalue weighted by molar-refractivity contribution is 5.96. The lowest BCUT2D eigenvalue weighted by molar-refractivity contribution is 0.0759.